The highest BCUT2D eigenvalue weighted by Crippen LogP contribution is 2.19. The van der Waals surface area contributed by atoms with Crippen molar-refractivity contribution in [1.29, 1.82) is 0 Å². The molecule has 0 saturated heterocycles. The average Bonchev–Trinajstić information content (AvgIpc) is 2.46. The molecule has 0 rings (SSSR count). The van der Waals surface area contributed by atoms with Crippen molar-refractivity contribution in [3.8, 4) is 0 Å². The molecule has 6 heteroatoms. The summed E-state index contributed by atoms with van der Waals surface area (Å²) in [6.45, 7) is 4.45. The Bertz CT molecular complexity index is 417. The second-order valence-corrected chi connectivity index (χ2v) is 5.81. The maximum absolute atomic E-state index is 11.4. The Morgan fingerprint density at radius 1 is 1.13 bits per heavy atom. The molecule has 0 aliphatic rings. The SMILES string of the molecule is COC(=O)/C=C/CC/C=C/CC[C@@H](OC(=O)C(C)O)C(C)(C)O. The Morgan fingerprint density at radius 3 is 2.22 bits per heavy atom. The number of esters is 2. The maximum atomic E-state index is 11.4. The number of carbonyl (C=O) groups is 2. The van der Waals surface area contributed by atoms with Gasteiger partial charge in [-0.2, -0.15) is 0 Å². The summed E-state index contributed by atoms with van der Waals surface area (Å²) < 4.78 is 9.60. The normalized spacial score (nSPS) is 14.9. The summed E-state index contributed by atoms with van der Waals surface area (Å²) in [5, 5.41) is 19.2. The predicted molar refractivity (Wildman–Crippen MR) is 86.6 cm³/mol. The summed E-state index contributed by atoms with van der Waals surface area (Å²) in [6.07, 6.45) is 7.68. The first kappa shape index (κ1) is 21.3. The molecule has 0 bridgehead atoms. The molecule has 2 N–H and O–H groups in total. The molecule has 132 valence electrons. The summed E-state index contributed by atoms with van der Waals surface area (Å²) in [7, 11) is 1.33. The minimum absolute atomic E-state index is 0.373. The summed E-state index contributed by atoms with van der Waals surface area (Å²) in [6, 6.07) is 0. The van der Waals surface area contributed by atoms with Crippen molar-refractivity contribution in [2.45, 2.75) is 64.3 Å². The van der Waals surface area contributed by atoms with Crippen LogP contribution in [0.5, 0.6) is 0 Å². The zero-order valence-electron chi connectivity index (χ0n) is 14.3. The molecule has 1 unspecified atom stereocenters. The van der Waals surface area contributed by atoms with Gasteiger partial charge in [0.2, 0.25) is 0 Å². The van der Waals surface area contributed by atoms with Crippen molar-refractivity contribution in [2.75, 3.05) is 7.11 Å². The Kier molecular flexibility index (Phi) is 10.2. The lowest BCUT2D eigenvalue weighted by atomic mass is 9.97. The largest absolute Gasteiger partial charge is 0.466 e. The summed E-state index contributed by atoms with van der Waals surface area (Å²) in [4.78, 5) is 22.3. The molecule has 0 amide bonds. The third kappa shape index (κ3) is 10.7. The van der Waals surface area contributed by atoms with Gasteiger partial charge in [0.25, 0.3) is 0 Å². The van der Waals surface area contributed by atoms with Crippen molar-refractivity contribution >= 4 is 11.9 Å². The molecular weight excluding hydrogens is 300 g/mol. The summed E-state index contributed by atoms with van der Waals surface area (Å²) in [5.74, 6) is -1.11. The fourth-order valence-corrected chi connectivity index (χ4v) is 1.72. The van der Waals surface area contributed by atoms with E-state index in [2.05, 4.69) is 4.74 Å². The van der Waals surface area contributed by atoms with Crippen LogP contribution in [0.1, 0.15) is 46.5 Å². The molecule has 0 aliphatic heterocycles. The smallest absolute Gasteiger partial charge is 0.335 e. The number of allylic oxidation sites excluding steroid dienone is 3. The fraction of sp³-hybridized carbons (Fsp3) is 0.647. The highest BCUT2D eigenvalue weighted by atomic mass is 16.6. The van der Waals surface area contributed by atoms with Crippen molar-refractivity contribution < 1.29 is 29.3 Å². The van der Waals surface area contributed by atoms with E-state index in [0.29, 0.717) is 12.8 Å². The fourth-order valence-electron chi connectivity index (χ4n) is 1.72. The number of carbonyl (C=O) groups excluding carboxylic acids is 2. The molecule has 6 nitrogen and oxygen atoms in total. The van der Waals surface area contributed by atoms with Crippen LogP contribution >= 0.6 is 0 Å². The lowest BCUT2D eigenvalue weighted by molar-refractivity contribution is -0.171. The van der Waals surface area contributed by atoms with Gasteiger partial charge in [-0.15, -0.1) is 0 Å². The second kappa shape index (κ2) is 11.0. The third-order valence-corrected chi connectivity index (χ3v) is 3.10. The molecule has 0 aromatic heterocycles. The summed E-state index contributed by atoms with van der Waals surface area (Å²) >= 11 is 0. The van der Waals surface area contributed by atoms with Gasteiger partial charge in [0.15, 0.2) is 0 Å². The Balaban J connectivity index is 4.17. The van der Waals surface area contributed by atoms with Crippen LogP contribution in [0.3, 0.4) is 0 Å². The number of aliphatic hydroxyl groups excluding tert-OH is 1. The van der Waals surface area contributed by atoms with Crippen molar-refractivity contribution in [3.63, 3.8) is 0 Å². The molecule has 0 fully saturated rings. The van der Waals surface area contributed by atoms with E-state index < -0.39 is 23.8 Å². The molecular formula is C17H28O6. The van der Waals surface area contributed by atoms with Gasteiger partial charge in [-0.25, -0.2) is 9.59 Å². The minimum Gasteiger partial charge on any atom is -0.466 e. The van der Waals surface area contributed by atoms with E-state index in [9.17, 15) is 19.8 Å². The van der Waals surface area contributed by atoms with Crippen LogP contribution in [0, 0.1) is 0 Å². The number of rotatable bonds is 10. The van der Waals surface area contributed by atoms with Gasteiger partial charge in [-0.1, -0.05) is 18.2 Å². The zero-order chi connectivity index (χ0) is 17.9. The first-order valence-corrected chi connectivity index (χ1v) is 7.69. The average molecular weight is 328 g/mol. The van der Waals surface area contributed by atoms with Gasteiger partial charge >= 0.3 is 11.9 Å². The van der Waals surface area contributed by atoms with E-state index in [1.807, 2.05) is 12.2 Å². The third-order valence-electron chi connectivity index (χ3n) is 3.10. The van der Waals surface area contributed by atoms with Gasteiger partial charge in [0.1, 0.15) is 12.2 Å². The molecule has 0 heterocycles. The van der Waals surface area contributed by atoms with E-state index in [1.165, 1.54) is 20.1 Å². The molecule has 0 spiro atoms. The van der Waals surface area contributed by atoms with Crippen LogP contribution in [0.15, 0.2) is 24.3 Å². The highest BCUT2D eigenvalue weighted by molar-refractivity contribution is 5.81. The van der Waals surface area contributed by atoms with Crippen molar-refractivity contribution in [3.05, 3.63) is 24.3 Å². The van der Waals surface area contributed by atoms with Crippen LogP contribution in [0.25, 0.3) is 0 Å². The molecule has 0 radical (unpaired) electrons. The van der Waals surface area contributed by atoms with E-state index in [4.69, 9.17) is 4.74 Å². The first-order valence-electron chi connectivity index (χ1n) is 7.69. The standard InChI is InChI=1S/C17H28O6/c1-13(18)16(20)23-14(17(2,3)21)11-9-7-5-6-8-10-12-15(19)22-4/h5,7,10,12-14,18,21H,6,8-9,11H2,1-4H3/b7-5+,12-10+/t13?,14-/m1/s1. The molecule has 0 saturated carbocycles. The van der Waals surface area contributed by atoms with E-state index in [-0.39, 0.29) is 5.97 Å². The van der Waals surface area contributed by atoms with Gasteiger partial charge in [0, 0.05) is 6.08 Å². The monoisotopic (exact) mass is 328 g/mol. The van der Waals surface area contributed by atoms with Crippen LogP contribution in [0.4, 0.5) is 0 Å². The van der Waals surface area contributed by atoms with E-state index in [1.54, 1.807) is 19.9 Å². The first-order chi connectivity index (χ1) is 10.7. The van der Waals surface area contributed by atoms with Crippen molar-refractivity contribution in [2.24, 2.45) is 0 Å². The Labute approximate surface area is 137 Å². The highest BCUT2D eigenvalue weighted by Gasteiger charge is 2.30. The van der Waals surface area contributed by atoms with E-state index in [0.717, 1.165) is 12.8 Å². The number of hydrogen-bond donors (Lipinski definition) is 2. The van der Waals surface area contributed by atoms with E-state index >= 15 is 0 Å². The Morgan fingerprint density at radius 2 is 1.70 bits per heavy atom. The lowest BCUT2D eigenvalue weighted by Crippen LogP contribution is -2.41. The molecule has 2 atom stereocenters. The van der Waals surface area contributed by atoms with Crippen molar-refractivity contribution in [1.82, 2.24) is 0 Å². The Hall–Kier alpha value is -1.66. The van der Waals surface area contributed by atoms with Crippen LogP contribution in [-0.4, -0.2) is 47.1 Å². The number of hydrogen-bond acceptors (Lipinski definition) is 6. The number of unbranched alkanes of at least 4 members (excludes halogenated alkanes) is 1. The number of methoxy groups -OCH3 is 1. The maximum Gasteiger partial charge on any atom is 0.335 e. The minimum atomic E-state index is -1.21. The topological polar surface area (TPSA) is 93.1 Å². The molecule has 0 aliphatic carbocycles. The lowest BCUT2D eigenvalue weighted by Gasteiger charge is -2.29. The van der Waals surface area contributed by atoms with Gasteiger partial charge in [-0.3, -0.25) is 0 Å². The quantitative estimate of drug-likeness (QED) is 0.275. The van der Waals surface area contributed by atoms with Crippen LogP contribution in [-0.2, 0) is 19.1 Å². The number of ether oxygens (including phenoxy) is 2. The van der Waals surface area contributed by atoms with Gasteiger partial charge < -0.3 is 19.7 Å². The molecule has 23 heavy (non-hydrogen) atoms. The van der Waals surface area contributed by atoms with Gasteiger partial charge in [0.05, 0.1) is 12.7 Å². The molecule has 0 aromatic carbocycles. The van der Waals surface area contributed by atoms with Crippen LogP contribution in [0.2, 0.25) is 0 Å². The number of aliphatic hydroxyl groups is 2. The van der Waals surface area contributed by atoms with Gasteiger partial charge in [-0.05, 0) is 46.5 Å². The zero-order valence-corrected chi connectivity index (χ0v) is 14.3. The summed E-state index contributed by atoms with van der Waals surface area (Å²) in [5.41, 5.74) is -1.18. The second-order valence-electron chi connectivity index (χ2n) is 5.81. The molecule has 0 aromatic rings. The predicted octanol–water partition coefficient (Wildman–Crippen LogP) is 1.90. The van der Waals surface area contributed by atoms with Crippen LogP contribution < -0.4 is 0 Å².